The molecule has 0 amide bonds. The van der Waals surface area contributed by atoms with Crippen LogP contribution in [0.25, 0.3) is 0 Å². The molecule has 0 bridgehead atoms. The summed E-state index contributed by atoms with van der Waals surface area (Å²) < 4.78 is 36.5. The average molecular weight is 364 g/mol. The van der Waals surface area contributed by atoms with Gasteiger partial charge in [0, 0.05) is 5.56 Å². The second-order valence-corrected chi connectivity index (χ2v) is 6.59. The summed E-state index contributed by atoms with van der Waals surface area (Å²) in [6.07, 6.45) is -0.294. The van der Waals surface area contributed by atoms with Crippen LogP contribution in [0.5, 0.6) is 23.0 Å². The molecule has 0 N–H and O–H groups in total. The highest BCUT2D eigenvalue weighted by Crippen LogP contribution is 2.51. The van der Waals surface area contributed by atoms with E-state index >= 15 is 0 Å². The molecule has 0 fully saturated rings. The van der Waals surface area contributed by atoms with Gasteiger partial charge in [-0.3, -0.25) is 0 Å². The number of halogens is 1. The summed E-state index contributed by atoms with van der Waals surface area (Å²) in [7, 11) is 1.63. The molecule has 2 atom stereocenters. The first kappa shape index (κ1) is 16.0. The van der Waals surface area contributed by atoms with Crippen LogP contribution in [-0.4, -0.2) is 13.9 Å². The van der Waals surface area contributed by atoms with E-state index in [-0.39, 0.29) is 24.6 Å². The van der Waals surface area contributed by atoms with Gasteiger partial charge < -0.3 is 18.9 Å². The standard InChI is InChI=1S/C22H17FO4/c1-24-16-4-2-3-14(9-16)22-21(17-11-15(23)6-8-18(17)27-22)13-5-7-19-20(10-13)26-12-25-19/h2-11,21-22H,12H2,1H3. The fraction of sp³-hybridized carbons (Fsp3) is 0.182. The Kier molecular flexibility index (Phi) is 3.67. The predicted octanol–water partition coefficient (Wildman–Crippen LogP) is 4.83. The van der Waals surface area contributed by atoms with Crippen molar-refractivity contribution in [3.05, 3.63) is 83.2 Å². The molecule has 0 radical (unpaired) electrons. The Balaban J connectivity index is 1.64. The first-order valence-corrected chi connectivity index (χ1v) is 8.72. The highest BCUT2D eigenvalue weighted by atomic mass is 19.1. The number of fused-ring (bicyclic) bond motifs is 2. The third-order valence-electron chi connectivity index (χ3n) is 5.04. The molecular weight excluding hydrogens is 347 g/mol. The molecule has 2 heterocycles. The summed E-state index contributed by atoms with van der Waals surface area (Å²) in [4.78, 5) is 0. The van der Waals surface area contributed by atoms with E-state index in [0.29, 0.717) is 11.5 Å². The van der Waals surface area contributed by atoms with Crippen LogP contribution < -0.4 is 18.9 Å². The van der Waals surface area contributed by atoms with Gasteiger partial charge in [-0.1, -0.05) is 18.2 Å². The Morgan fingerprint density at radius 1 is 0.889 bits per heavy atom. The third-order valence-corrected chi connectivity index (χ3v) is 5.04. The van der Waals surface area contributed by atoms with Crippen LogP contribution in [0.3, 0.4) is 0 Å². The molecule has 3 aromatic rings. The van der Waals surface area contributed by atoms with E-state index in [4.69, 9.17) is 18.9 Å². The molecule has 0 saturated heterocycles. The zero-order valence-corrected chi connectivity index (χ0v) is 14.6. The first-order valence-electron chi connectivity index (χ1n) is 8.72. The van der Waals surface area contributed by atoms with Gasteiger partial charge in [-0.05, 0) is 53.6 Å². The summed E-state index contributed by atoms with van der Waals surface area (Å²) in [6.45, 7) is 0.213. The van der Waals surface area contributed by atoms with Gasteiger partial charge in [-0.25, -0.2) is 4.39 Å². The SMILES string of the molecule is COc1cccc(C2Oc3ccc(F)cc3C2c2ccc3c(c2)OCO3)c1. The van der Waals surface area contributed by atoms with E-state index in [1.807, 2.05) is 42.5 Å². The van der Waals surface area contributed by atoms with Gasteiger partial charge in [0.05, 0.1) is 13.0 Å². The van der Waals surface area contributed by atoms with Crippen molar-refractivity contribution in [1.29, 1.82) is 0 Å². The molecule has 2 aliphatic heterocycles. The largest absolute Gasteiger partial charge is 0.497 e. The molecule has 5 heteroatoms. The van der Waals surface area contributed by atoms with E-state index in [9.17, 15) is 4.39 Å². The maximum absolute atomic E-state index is 14.0. The smallest absolute Gasteiger partial charge is 0.231 e. The first-order chi connectivity index (χ1) is 13.2. The van der Waals surface area contributed by atoms with Crippen LogP contribution in [0, 0.1) is 5.82 Å². The van der Waals surface area contributed by atoms with Gasteiger partial charge in [0.15, 0.2) is 11.5 Å². The summed E-state index contributed by atoms with van der Waals surface area (Å²) in [5, 5.41) is 0. The summed E-state index contributed by atoms with van der Waals surface area (Å²) in [5.74, 6) is 2.40. The molecule has 0 spiro atoms. The van der Waals surface area contributed by atoms with Crippen molar-refractivity contribution in [1.82, 2.24) is 0 Å². The summed E-state index contributed by atoms with van der Waals surface area (Å²) in [5.41, 5.74) is 2.77. The Hall–Kier alpha value is -3.21. The Bertz CT molecular complexity index is 1020. The minimum Gasteiger partial charge on any atom is -0.497 e. The summed E-state index contributed by atoms with van der Waals surface area (Å²) in [6, 6.07) is 18.2. The molecule has 0 saturated carbocycles. The number of hydrogen-bond donors (Lipinski definition) is 0. The Morgan fingerprint density at radius 3 is 2.63 bits per heavy atom. The molecule has 2 aliphatic rings. The van der Waals surface area contributed by atoms with Crippen LogP contribution in [0.1, 0.15) is 28.7 Å². The van der Waals surface area contributed by atoms with E-state index < -0.39 is 0 Å². The van der Waals surface area contributed by atoms with Crippen LogP contribution in [0.4, 0.5) is 4.39 Å². The normalized spacial score (nSPS) is 19.5. The molecule has 0 aromatic heterocycles. The van der Waals surface area contributed by atoms with Crippen molar-refractivity contribution in [2.24, 2.45) is 0 Å². The Labute approximate surface area is 156 Å². The molecular formula is C22H17FO4. The van der Waals surface area contributed by atoms with Crippen molar-refractivity contribution in [3.8, 4) is 23.0 Å². The lowest BCUT2D eigenvalue weighted by Crippen LogP contribution is -2.11. The van der Waals surface area contributed by atoms with Crippen LogP contribution in [0.2, 0.25) is 0 Å². The fourth-order valence-corrected chi connectivity index (χ4v) is 3.78. The molecule has 27 heavy (non-hydrogen) atoms. The van der Waals surface area contributed by atoms with Crippen LogP contribution >= 0.6 is 0 Å². The lowest BCUT2D eigenvalue weighted by Gasteiger charge is -2.21. The average Bonchev–Trinajstić information content (AvgIpc) is 3.31. The van der Waals surface area contributed by atoms with E-state index in [0.717, 1.165) is 28.2 Å². The highest BCUT2D eigenvalue weighted by molar-refractivity contribution is 5.53. The maximum atomic E-state index is 14.0. The molecule has 4 nitrogen and oxygen atoms in total. The topological polar surface area (TPSA) is 36.9 Å². The van der Waals surface area contributed by atoms with Crippen molar-refractivity contribution in [2.75, 3.05) is 13.9 Å². The minimum atomic E-state index is -0.294. The minimum absolute atomic E-state index is 0.169. The maximum Gasteiger partial charge on any atom is 0.231 e. The van der Waals surface area contributed by atoms with Crippen molar-refractivity contribution in [2.45, 2.75) is 12.0 Å². The zero-order valence-electron chi connectivity index (χ0n) is 14.6. The lowest BCUT2D eigenvalue weighted by atomic mass is 9.85. The number of rotatable bonds is 3. The van der Waals surface area contributed by atoms with Crippen LogP contribution in [-0.2, 0) is 0 Å². The molecule has 3 aromatic carbocycles. The van der Waals surface area contributed by atoms with Crippen molar-refractivity contribution >= 4 is 0 Å². The number of hydrogen-bond acceptors (Lipinski definition) is 4. The van der Waals surface area contributed by atoms with E-state index in [1.54, 1.807) is 19.2 Å². The molecule has 5 rings (SSSR count). The monoisotopic (exact) mass is 364 g/mol. The highest BCUT2D eigenvalue weighted by Gasteiger charge is 2.38. The van der Waals surface area contributed by atoms with Gasteiger partial charge in [0.2, 0.25) is 6.79 Å². The fourth-order valence-electron chi connectivity index (χ4n) is 3.78. The number of ether oxygens (including phenoxy) is 4. The van der Waals surface area contributed by atoms with Gasteiger partial charge in [0.1, 0.15) is 23.4 Å². The van der Waals surface area contributed by atoms with Gasteiger partial charge >= 0.3 is 0 Å². The van der Waals surface area contributed by atoms with E-state index in [1.165, 1.54) is 6.07 Å². The quantitative estimate of drug-likeness (QED) is 0.667. The molecule has 0 aliphatic carbocycles. The van der Waals surface area contributed by atoms with Gasteiger partial charge in [-0.2, -0.15) is 0 Å². The van der Waals surface area contributed by atoms with E-state index in [2.05, 4.69) is 0 Å². The van der Waals surface area contributed by atoms with Gasteiger partial charge in [-0.15, -0.1) is 0 Å². The second kappa shape index (κ2) is 6.20. The third kappa shape index (κ3) is 2.67. The van der Waals surface area contributed by atoms with Gasteiger partial charge in [0.25, 0.3) is 0 Å². The molecule has 2 unspecified atom stereocenters. The number of methoxy groups -OCH3 is 1. The predicted molar refractivity (Wildman–Crippen MR) is 97.2 cm³/mol. The Morgan fingerprint density at radius 2 is 1.74 bits per heavy atom. The summed E-state index contributed by atoms with van der Waals surface area (Å²) >= 11 is 0. The molecule has 136 valence electrons. The number of benzene rings is 3. The second-order valence-electron chi connectivity index (χ2n) is 6.59. The van der Waals surface area contributed by atoms with Crippen LogP contribution in [0.15, 0.2) is 60.7 Å². The van der Waals surface area contributed by atoms with Crippen molar-refractivity contribution < 1.29 is 23.3 Å². The zero-order chi connectivity index (χ0) is 18.4. The van der Waals surface area contributed by atoms with Crippen molar-refractivity contribution in [3.63, 3.8) is 0 Å². The lowest BCUT2D eigenvalue weighted by molar-refractivity contribution is 0.174.